The van der Waals surface area contributed by atoms with Crippen molar-refractivity contribution in [1.82, 2.24) is 0 Å². The van der Waals surface area contributed by atoms with Crippen molar-refractivity contribution in [1.29, 1.82) is 0 Å². The Morgan fingerprint density at radius 3 is 2.24 bits per heavy atom. The fourth-order valence-corrected chi connectivity index (χ4v) is 4.28. The second kappa shape index (κ2) is 9.65. The molecule has 0 fully saturated rings. The molecular formula is C22H23BrN2O8. The van der Waals surface area contributed by atoms with Crippen molar-refractivity contribution in [3.63, 3.8) is 0 Å². The van der Waals surface area contributed by atoms with Crippen LogP contribution in [0.5, 0.6) is 0 Å². The average molecular weight is 523 g/mol. The lowest BCUT2D eigenvalue weighted by molar-refractivity contribution is -0.143. The highest BCUT2D eigenvalue weighted by atomic mass is 79.9. The molecule has 1 spiro atoms. The van der Waals surface area contributed by atoms with E-state index in [-0.39, 0.29) is 42.3 Å². The van der Waals surface area contributed by atoms with Crippen LogP contribution in [-0.4, -0.2) is 43.6 Å². The number of hydrogen-bond acceptors (Lipinski definition) is 9. The van der Waals surface area contributed by atoms with Gasteiger partial charge in [-0.3, -0.25) is 9.59 Å². The van der Waals surface area contributed by atoms with E-state index < -0.39 is 41.5 Å². The molecule has 0 aliphatic carbocycles. The van der Waals surface area contributed by atoms with Crippen molar-refractivity contribution in [2.24, 2.45) is 5.73 Å². The van der Waals surface area contributed by atoms with Crippen LogP contribution in [0.2, 0.25) is 0 Å². The quantitative estimate of drug-likeness (QED) is 0.406. The summed E-state index contributed by atoms with van der Waals surface area (Å²) in [6.07, 6.45) is -0.517. The van der Waals surface area contributed by atoms with Crippen LogP contribution in [0.4, 0.5) is 5.69 Å². The molecule has 1 amide bonds. The maximum atomic E-state index is 13.6. The molecule has 1 aromatic rings. The number of fused-ring (bicyclic) bond motifs is 2. The highest BCUT2D eigenvalue weighted by molar-refractivity contribution is 9.10. The Balaban J connectivity index is 2.40. The van der Waals surface area contributed by atoms with Gasteiger partial charge in [-0.2, -0.15) is 0 Å². The smallest absolute Gasteiger partial charge is 0.341 e. The first kappa shape index (κ1) is 24.3. The zero-order valence-corrected chi connectivity index (χ0v) is 19.9. The van der Waals surface area contributed by atoms with E-state index in [4.69, 9.17) is 24.7 Å². The van der Waals surface area contributed by atoms with E-state index in [1.807, 2.05) is 0 Å². The fraction of sp³-hybridized carbons (Fsp3) is 0.364. The van der Waals surface area contributed by atoms with E-state index in [1.54, 1.807) is 39.0 Å². The molecule has 2 heterocycles. The van der Waals surface area contributed by atoms with Gasteiger partial charge in [-0.05, 0) is 39.0 Å². The molecular weight excluding hydrogens is 500 g/mol. The average Bonchev–Trinajstić information content (AvgIpc) is 3.00. The second-order valence-electron chi connectivity index (χ2n) is 6.96. The number of anilines is 1. The number of hydrogen-bond donors (Lipinski definition) is 2. The number of ether oxygens (including phenoxy) is 4. The summed E-state index contributed by atoms with van der Waals surface area (Å²) in [5.41, 5.74) is 3.93. The number of amides is 1. The zero-order valence-electron chi connectivity index (χ0n) is 18.3. The summed E-state index contributed by atoms with van der Waals surface area (Å²) in [5.74, 6) is -4.08. The lowest BCUT2D eigenvalue weighted by atomic mass is 9.67. The summed E-state index contributed by atoms with van der Waals surface area (Å²) in [7, 11) is 0. The molecule has 0 bridgehead atoms. The molecule has 1 atom stereocenters. The first-order chi connectivity index (χ1) is 15.7. The summed E-state index contributed by atoms with van der Waals surface area (Å²) in [6.45, 7) is 4.81. The third-order valence-electron chi connectivity index (χ3n) is 5.05. The third kappa shape index (κ3) is 4.08. The first-order valence-electron chi connectivity index (χ1n) is 10.2. The Morgan fingerprint density at radius 1 is 1.03 bits per heavy atom. The minimum atomic E-state index is -2.07. The minimum absolute atomic E-state index is 0.0210. The maximum Gasteiger partial charge on any atom is 0.341 e. The van der Waals surface area contributed by atoms with Gasteiger partial charge in [0.1, 0.15) is 28.7 Å². The van der Waals surface area contributed by atoms with E-state index in [0.29, 0.717) is 10.2 Å². The SMILES string of the molecule is CCOC(=O)CC1=C(C(=O)OCC)[C@@]2(C(=O)Nc3ccc(Br)cc32)C(C(=O)OCC)=C(N)O1. The highest BCUT2D eigenvalue weighted by Gasteiger charge is 2.62. The van der Waals surface area contributed by atoms with Crippen LogP contribution in [0.25, 0.3) is 0 Å². The van der Waals surface area contributed by atoms with Crippen LogP contribution in [0.3, 0.4) is 0 Å². The van der Waals surface area contributed by atoms with E-state index >= 15 is 0 Å². The number of benzene rings is 1. The van der Waals surface area contributed by atoms with Crippen molar-refractivity contribution in [3.8, 4) is 0 Å². The number of rotatable bonds is 7. The van der Waals surface area contributed by atoms with Crippen LogP contribution in [0.15, 0.2) is 45.5 Å². The topological polar surface area (TPSA) is 143 Å². The summed E-state index contributed by atoms with van der Waals surface area (Å²) in [5, 5.41) is 2.69. The Hall–Kier alpha value is -3.34. The standard InChI is InChI=1S/C22H23BrN2O8/c1-4-30-15(26)10-14-16(19(27)31-5-2)22(17(18(24)33-14)20(28)32-6-3)12-9-11(23)7-8-13(12)25-21(22)29/h7-9H,4-6,10,24H2,1-3H3,(H,25,29)/t22-/m1/s1. The van der Waals surface area contributed by atoms with Gasteiger partial charge in [0.2, 0.25) is 11.8 Å². The van der Waals surface area contributed by atoms with E-state index in [9.17, 15) is 19.2 Å². The van der Waals surface area contributed by atoms with Gasteiger partial charge in [0.15, 0.2) is 0 Å². The Morgan fingerprint density at radius 2 is 1.64 bits per heavy atom. The van der Waals surface area contributed by atoms with Gasteiger partial charge < -0.3 is 30.0 Å². The van der Waals surface area contributed by atoms with Crippen LogP contribution in [0, 0.1) is 0 Å². The third-order valence-corrected chi connectivity index (χ3v) is 5.55. The number of nitrogens with one attached hydrogen (secondary N) is 1. The van der Waals surface area contributed by atoms with Crippen molar-refractivity contribution in [2.75, 3.05) is 25.1 Å². The first-order valence-corrected chi connectivity index (χ1v) is 11.0. The number of halogens is 1. The molecule has 0 aromatic heterocycles. The van der Waals surface area contributed by atoms with E-state index in [2.05, 4.69) is 21.2 Å². The lowest BCUT2D eigenvalue weighted by Crippen LogP contribution is -2.49. The Kier molecular flexibility index (Phi) is 7.11. The Bertz CT molecular complexity index is 1090. The van der Waals surface area contributed by atoms with Crippen molar-refractivity contribution in [2.45, 2.75) is 32.6 Å². The van der Waals surface area contributed by atoms with Crippen molar-refractivity contribution < 1.29 is 38.1 Å². The molecule has 0 saturated heterocycles. The zero-order chi connectivity index (χ0) is 24.3. The van der Waals surface area contributed by atoms with Crippen LogP contribution < -0.4 is 11.1 Å². The molecule has 33 heavy (non-hydrogen) atoms. The molecule has 10 nitrogen and oxygen atoms in total. The minimum Gasteiger partial charge on any atom is -0.466 e. The van der Waals surface area contributed by atoms with Gasteiger partial charge >= 0.3 is 17.9 Å². The molecule has 3 rings (SSSR count). The van der Waals surface area contributed by atoms with Crippen molar-refractivity contribution in [3.05, 3.63) is 51.0 Å². The van der Waals surface area contributed by atoms with Gasteiger partial charge in [0, 0.05) is 15.7 Å². The molecule has 3 N–H and O–H groups in total. The second-order valence-corrected chi connectivity index (χ2v) is 7.87. The highest BCUT2D eigenvalue weighted by Crippen LogP contribution is 2.53. The molecule has 0 radical (unpaired) electrons. The van der Waals surface area contributed by atoms with Gasteiger partial charge in [-0.15, -0.1) is 0 Å². The van der Waals surface area contributed by atoms with Crippen LogP contribution in [-0.2, 0) is 43.5 Å². The monoisotopic (exact) mass is 522 g/mol. The lowest BCUT2D eigenvalue weighted by Gasteiger charge is -2.36. The summed E-state index contributed by atoms with van der Waals surface area (Å²) < 4.78 is 21.5. The molecule has 2 aliphatic rings. The van der Waals surface area contributed by atoms with Gasteiger partial charge in [-0.25, -0.2) is 9.59 Å². The van der Waals surface area contributed by atoms with Gasteiger partial charge in [0.25, 0.3) is 0 Å². The molecule has 0 unspecified atom stereocenters. The number of carbonyl (C=O) groups excluding carboxylic acids is 4. The fourth-order valence-electron chi connectivity index (χ4n) is 3.92. The summed E-state index contributed by atoms with van der Waals surface area (Å²) >= 11 is 3.36. The number of esters is 3. The van der Waals surface area contributed by atoms with Gasteiger partial charge in [0.05, 0.1) is 19.8 Å². The van der Waals surface area contributed by atoms with Gasteiger partial charge in [-0.1, -0.05) is 15.9 Å². The maximum absolute atomic E-state index is 13.6. The normalized spacial score (nSPS) is 19.1. The number of nitrogens with two attached hydrogens (primary N) is 1. The van der Waals surface area contributed by atoms with E-state index in [1.165, 1.54) is 0 Å². The number of carbonyl (C=O) groups is 4. The Labute approximate surface area is 198 Å². The molecule has 11 heteroatoms. The predicted octanol–water partition coefficient (Wildman–Crippen LogP) is 2.17. The van der Waals surface area contributed by atoms with Crippen LogP contribution >= 0.6 is 15.9 Å². The molecule has 1 aromatic carbocycles. The van der Waals surface area contributed by atoms with Crippen LogP contribution in [0.1, 0.15) is 32.8 Å². The predicted molar refractivity (Wildman–Crippen MR) is 118 cm³/mol. The largest absolute Gasteiger partial charge is 0.466 e. The molecule has 0 saturated carbocycles. The summed E-state index contributed by atoms with van der Waals surface area (Å²) in [6, 6.07) is 4.86. The van der Waals surface area contributed by atoms with E-state index in [0.717, 1.165) is 0 Å². The van der Waals surface area contributed by atoms with Crippen molar-refractivity contribution >= 4 is 45.4 Å². The summed E-state index contributed by atoms with van der Waals surface area (Å²) in [4.78, 5) is 52.3. The molecule has 2 aliphatic heterocycles. The molecule has 176 valence electrons.